The molecule has 0 saturated heterocycles. The number of rotatable bonds is 2. The zero-order valence-electron chi connectivity index (χ0n) is 11.1. The Hall–Kier alpha value is -1.87. The van der Waals surface area contributed by atoms with Crippen LogP contribution in [-0.2, 0) is 6.42 Å². The van der Waals surface area contributed by atoms with Gasteiger partial charge in [-0.25, -0.2) is 0 Å². The maximum atomic E-state index is 6.43. The molecule has 98 valence electrons. The SMILES string of the molecule is Cc1cnccc1C(N)c1cccc2c1OCCC2. The molecule has 19 heavy (non-hydrogen) atoms. The molecule has 1 aliphatic rings. The average molecular weight is 254 g/mol. The first-order valence-corrected chi connectivity index (χ1v) is 6.68. The Morgan fingerprint density at radius 3 is 3.00 bits per heavy atom. The van der Waals surface area contributed by atoms with Gasteiger partial charge in [-0.3, -0.25) is 4.98 Å². The van der Waals surface area contributed by atoms with Crippen LogP contribution in [0.2, 0.25) is 0 Å². The van der Waals surface area contributed by atoms with Crippen LogP contribution in [-0.4, -0.2) is 11.6 Å². The standard InChI is InChI=1S/C16H18N2O/c1-11-10-18-8-7-13(11)15(17)14-6-2-4-12-5-3-9-19-16(12)14/h2,4,6-8,10,15H,3,5,9,17H2,1H3. The molecule has 1 aromatic heterocycles. The third kappa shape index (κ3) is 2.22. The topological polar surface area (TPSA) is 48.1 Å². The van der Waals surface area contributed by atoms with Crippen molar-refractivity contribution in [3.05, 3.63) is 58.9 Å². The van der Waals surface area contributed by atoms with Crippen LogP contribution in [0.4, 0.5) is 0 Å². The second-order valence-corrected chi connectivity index (χ2v) is 5.00. The van der Waals surface area contributed by atoms with E-state index in [2.05, 4.69) is 23.2 Å². The number of nitrogens with zero attached hydrogens (tertiary/aromatic N) is 1. The highest BCUT2D eigenvalue weighted by Crippen LogP contribution is 2.35. The van der Waals surface area contributed by atoms with Gasteiger partial charge in [0.1, 0.15) is 5.75 Å². The van der Waals surface area contributed by atoms with E-state index in [0.29, 0.717) is 0 Å². The molecule has 0 fully saturated rings. The van der Waals surface area contributed by atoms with Gasteiger partial charge in [-0.2, -0.15) is 0 Å². The third-order valence-electron chi connectivity index (χ3n) is 3.70. The largest absolute Gasteiger partial charge is 0.493 e. The van der Waals surface area contributed by atoms with Crippen molar-refractivity contribution in [1.82, 2.24) is 4.98 Å². The van der Waals surface area contributed by atoms with Gasteiger partial charge in [0.05, 0.1) is 12.6 Å². The number of aryl methyl sites for hydroxylation is 2. The molecule has 3 heteroatoms. The zero-order valence-corrected chi connectivity index (χ0v) is 11.1. The van der Waals surface area contributed by atoms with E-state index in [0.717, 1.165) is 41.9 Å². The number of fused-ring (bicyclic) bond motifs is 1. The van der Waals surface area contributed by atoms with Crippen LogP contribution < -0.4 is 10.5 Å². The first-order valence-electron chi connectivity index (χ1n) is 6.68. The number of benzene rings is 1. The Morgan fingerprint density at radius 1 is 1.26 bits per heavy atom. The maximum absolute atomic E-state index is 6.43. The molecule has 2 N–H and O–H groups in total. The Bertz CT molecular complexity index is 595. The van der Waals surface area contributed by atoms with E-state index in [1.54, 1.807) is 6.20 Å². The number of ether oxygens (including phenoxy) is 1. The minimum absolute atomic E-state index is 0.156. The first kappa shape index (κ1) is 12.2. The van der Waals surface area contributed by atoms with Crippen molar-refractivity contribution in [2.45, 2.75) is 25.8 Å². The monoisotopic (exact) mass is 254 g/mol. The number of hydrogen-bond acceptors (Lipinski definition) is 3. The van der Waals surface area contributed by atoms with Crippen molar-refractivity contribution >= 4 is 0 Å². The summed E-state index contributed by atoms with van der Waals surface area (Å²) >= 11 is 0. The summed E-state index contributed by atoms with van der Waals surface area (Å²) in [6.07, 6.45) is 5.80. The van der Waals surface area contributed by atoms with Crippen LogP contribution in [0.1, 0.15) is 34.7 Å². The molecular weight excluding hydrogens is 236 g/mol. The fraction of sp³-hybridized carbons (Fsp3) is 0.312. The highest BCUT2D eigenvalue weighted by Gasteiger charge is 2.20. The zero-order chi connectivity index (χ0) is 13.2. The predicted molar refractivity (Wildman–Crippen MR) is 75.3 cm³/mol. The van der Waals surface area contributed by atoms with E-state index in [-0.39, 0.29) is 6.04 Å². The quantitative estimate of drug-likeness (QED) is 0.896. The summed E-state index contributed by atoms with van der Waals surface area (Å²) in [5.74, 6) is 0.984. The van der Waals surface area contributed by atoms with Crippen LogP contribution in [0.3, 0.4) is 0 Å². The van der Waals surface area contributed by atoms with Gasteiger partial charge < -0.3 is 10.5 Å². The van der Waals surface area contributed by atoms with Crippen LogP contribution in [0.25, 0.3) is 0 Å². The van der Waals surface area contributed by atoms with Crippen LogP contribution in [0.15, 0.2) is 36.7 Å². The molecule has 0 saturated carbocycles. The van der Waals surface area contributed by atoms with Gasteiger partial charge in [-0.1, -0.05) is 18.2 Å². The Balaban J connectivity index is 2.05. The van der Waals surface area contributed by atoms with Gasteiger partial charge >= 0.3 is 0 Å². The number of nitrogens with two attached hydrogens (primary N) is 1. The molecule has 1 aromatic carbocycles. The van der Waals surface area contributed by atoms with E-state index >= 15 is 0 Å². The van der Waals surface area contributed by atoms with Crippen molar-refractivity contribution < 1.29 is 4.74 Å². The van der Waals surface area contributed by atoms with Gasteiger partial charge in [0.2, 0.25) is 0 Å². The summed E-state index contributed by atoms with van der Waals surface area (Å²) in [5, 5.41) is 0. The van der Waals surface area contributed by atoms with Crippen molar-refractivity contribution in [1.29, 1.82) is 0 Å². The molecule has 0 spiro atoms. The average Bonchev–Trinajstić information content (AvgIpc) is 2.46. The van der Waals surface area contributed by atoms with Gasteiger partial charge in [-0.05, 0) is 42.5 Å². The summed E-state index contributed by atoms with van der Waals surface area (Å²) in [6, 6.07) is 8.09. The van der Waals surface area contributed by atoms with E-state index < -0.39 is 0 Å². The minimum Gasteiger partial charge on any atom is -0.493 e. The van der Waals surface area contributed by atoms with Gasteiger partial charge in [0.15, 0.2) is 0 Å². The molecule has 0 amide bonds. The lowest BCUT2D eigenvalue weighted by atomic mass is 9.93. The summed E-state index contributed by atoms with van der Waals surface area (Å²) in [5.41, 5.74) is 11.0. The fourth-order valence-electron chi connectivity index (χ4n) is 2.66. The molecule has 0 bridgehead atoms. The lowest BCUT2D eigenvalue weighted by Crippen LogP contribution is -2.18. The van der Waals surface area contributed by atoms with Crippen molar-refractivity contribution in [2.24, 2.45) is 5.73 Å². The number of aromatic nitrogens is 1. The molecular formula is C16H18N2O. The highest BCUT2D eigenvalue weighted by molar-refractivity contribution is 5.48. The Labute approximate surface area is 113 Å². The smallest absolute Gasteiger partial charge is 0.127 e. The van der Waals surface area contributed by atoms with Crippen LogP contribution in [0.5, 0.6) is 5.75 Å². The van der Waals surface area contributed by atoms with E-state index in [9.17, 15) is 0 Å². The number of para-hydroxylation sites is 1. The normalized spacial score (nSPS) is 15.5. The molecule has 1 aliphatic heterocycles. The summed E-state index contributed by atoms with van der Waals surface area (Å²) in [7, 11) is 0. The van der Waals surface area contributed by atoms with E-state index in [1.807, 2.05) is 19.2 Å². The summed E-state index contributed by atoms with van der Waals surface area (Å²) in [6.45, 7) is 2.82. The van der Waals surface area contributed by atoms with Crippen LogP contribution in [0, 0.1) is 6.92 Å². The molecule has 1 unspecified atom stereocenters. The second kappa shape index (κ2) is 5.02. The molecule has 0 aliphatic carbocycles. The lowest BCUT2D eigenvalue weighted by Gasteiger charge is -2.24. The Kier molecular flexibility index (Phi) is 3.22. The predicted octanol–water partition coefficient (Wildman–Crippen LogP) is 2.76. The van der Waals surface area contributed by atoms with Crippen LogP contribution >= 0.6 is 0 Å². The van der Waals surface area contributed by atoms with Gasteiger partial charge in [0.25, 0.3) is 0 Å². The molecule has 2 heterocycles. The lowest BCUT2D eigenvalue weighted by molar-refractivity contribution is 0.284. The molecule has 3 rings (SSSR count). The molecule has 1 atom stereocenters. The number of hydrogen-bond donors (Lipinski definition) is 1. The molecule has 2 aromatic rings. The molecule has 0 radical (unpaired) electrons. The third-order valence-corrected chi connectivity index (χ3v) is 3.70. The van der Waals surface area contributed by atoms with Crippen molar-refractivity contribution in [3.8, 4) is 5.75 Å². The second-order valence-electron chi connectivity index (χ2n) is 5.00. The van der Waals surface area contributed by atoms with E-state index in [1.165, 1.54) is 5.56 Å². The van der Waals surface area contributed by atoms with Gasteiger partial charge in [0, 0.05) is 18.0 Å². The molecule has 3 nitrogen and oxygen atoms in total. The summed E-state index contributed by atoms with van der Waals surface area (Å²) in [4.78, 5) is 4.12. The van der Waals surface area contributed by atoms with Gasteiger partial charge in [-0.15, -0.1) is 0 Å². The summed E-state index contributed by atoms with van der Waals surface area (Å²) < 4.78 is 5.84. The fourth-order valence-corrected chi connectivity index (χ4v) is 2.66. The van der Waals surface area contributed by atoms with Crippen molar-refractivity contribution in [3.63, 3.8) is 0 Å². The van der Waals surface area contributed by atoms with E-state index in [4.69, 9.17) is 10.5 Å². The minimum atomic E-state index is -0.156. The first-order chi connectivity index (χ1) is 9.27. The highest BCUT2D eigenvalue weighted by atomic mass is 16.5. The number of pyridine rings is 1. The maximum Gasteiger partial charge on any atom is 0.127 e. The van der Waals surface area contributed by atoms with Crippen molar-refractivity contribution in [2.75, 3.05) is 6.61 Å². The Morgan fingerprint density at radius 2 is 2.16 bits per heavy atom.